The van der Waals surface area contributed by atoms with Crippen molar-refractivity contribution in [3.8, 4) is 11.3 Å². The van der Waals surface area contributed by atoms with E-state index < -0.39 is 0 Å². The number of nitrogens with zero attached hydrogens (tertiary/aromatic N) is 1. The van der Waals surface area contributed by atoms with E-state index >= 15 is 0 Å². The number of anilines is 1. The lowest BCUT2D eigenvalue weighted by Crippen LogP contribution is -2.42. The maximum atomic E-state index is 12.4. The molecule has 2 heterocycles. The fraction of sp³-hybridized carbons (Fsp3) is 0.375. The molecule has 0 saturated carbocycles. The van der Waals surface area contributed by atoms with Gasteiger partial charge >= 0.3 is 0 Å². The Hall–Kier alpha value is -2.14. The number of rotatable bonds is 3. The zero-order valence-electron chi connectivity index (χ0n) is 12.1. The molecule has 1 aliphatic rings. The van der Waals surface area contributed by atoms with Gasteiger partial charge in [0, 0.05) is 11.1 Å². The molecular weight excluding hydrogens is 264 g/mol. The smallest absolute Gasteiger partial charge is 0.230 e. The van der Waals surface area contributed by atoms with Crippen molar-refractivity contribution < 1.29 is 4.79 Å². The van der Waals surface area contributed by atoms with Crippen LogP contribution in [-0.2, 0) is 4.79 Å². The van der Waals surface area contributed by atoms with E-state index in [4.69, 9.17) is 0 Å². The molecular formula is C16H20N4O. The molecule has 0 aliphatic carbocycles. The average molecular weight is 284 g/mol. The summed E-state index contributed by atoms with van der Waals surface area (Å²) in [5.41, 5.74) is 2.59. The molecule has 2 aromatic rings. The van der Waals surface area contributed by atoms with Crippen molar-refractivity contribution in [1.29, 1.82) is 0 Å². The summed E-state index contributed by atoms with van der Waals surface area (Å²) in [6, 6.07) is 7.82. The first-order valence-electron chi connectivity index (χ1n) is 7.28. The van der Waals surface area contributed by atoms with E-state index in [1.807, 2.05) is 31.2 Å². The van der Waals surface area contributed by atoms with Crippen LogP contribution in [-0.4, -0.2) is 29.0 Å². The van der Waals surface area contributed by atoms with Crippen molar-refractivity contribution in [2.45, 2.75) is 19.8 Å². The summed E-state index contributed by atoms with van der Waals surface area (Å²) in [5.74, 6) is 0.110. The van der Waals surface area contributed by atoms with Crippen LogP contribution in [0.1, 0.15) is 19.8 Å². The number of aromatic nitrogens is 2. The zero-order valence-corrected chi connectivity index (χ0v) is 12.1. The number of imidazole rings is 1. The number of amides is 1. The summed E-state index contributed by atoms with van der Waals surface area (Å²) in [6.45, 7) is 3.85. The summed E-state index contributed by atoms with van der Waals surface area (Å²) in [4.78, 5) is 19.5. The van der Waals surface area contributed by atoms with Gasteiger partial charge in [-0.15, -0.1) is 0 Å². The van der Waals surface area contributed by atoms with E-state index in [9.17, 15) is 4.79 Å². The number of piperidine rings is 1. The van der Waals surface area contributed by atoms with Gasteiger partial charge in [-0.3, -0.25) is 4.79 Å². The maximum absolute atomic E-state index is 12.4. The summed E-state index contributed by atoms with van der Waals surface area (Å²) < 4.78 is 0. The van der Waals surface area contributed by atoms with E-state index in [0.29, 0.717) is 0 Å². The molecule has 1 amide bonds. The predicted molar refractivity (Wildman–Crippen MR) is 82.9 cm³/mol. The fourth-order valence-corrected chi connectivity index (χ4v) is 2.63. The number of hydrogen-bond donors (Lipinski definition) is 3. The van der Waals surface area contributed by atoms with Crippen molar-refractivity contribution in [3.63, 3.8) is 0 Å². The third kappa shape index (κ3) is 2.97. The van der Waals surface area contributed by atoms with Crippen LogP contribution >= 0.6 is 0 Å². The van der Waals surface area contributed by atoms with Crippen molar-refractivity contribution in [1.82, 2.24) is 15.3 Å². The maximum Gasteiger partial charge on any atom is 0.230 e. The number of hydrogen-bond acceptors (Lipinski definition) is 3. The predicted octanol–water partition coefficient (Wildman–Crippen LogP) is 2.40. The molecule has 0 unspecified atom stereocenters. The van der Waals surface area contributed by atoms with Gasteiger partial charge in [0.25, 0.3) is 0 Å². The largest absolute Gasteiger partial charge is 0.345 e. The Morgan fingerprint density at radius 1 is 1.24 bits per heavy atom. The highest BCUT2D eigenvalue weighted by atomic mass is 16.2. The highest BCUT2D eigenvalue weighted by molar-refractivity contribution is 5.95. The van der Waals surface area contributed by atoms with Crippen molar-refractivity contribution in [2.75, 3.05) is 18.4 Å². The molecule has 0 bridgehead atoms. The number of carbonyl (C=O) groups excluding carboxylic acids is 1. The van der Waals surface area contributed by atoms with Crippen LogP contribution in [0.25, 0.3) is 11.3 Å². The van der Waals surface area contributed by atoms with Gasteiger partial charge in [0.05, 0.1) is 18.2 Å². The van der Waals surface area contributed by atoms with Gasteiger partial charge in [-0.1, -0.05) is 19.1 Å². The Labute approximate surface area is 124 Å². The van der Waals surface area contributed by atoms with Crippen LogP contribution in [0, 0.1) is 5.41 Å². The van der Waals surface area contributed by atoms with Crippen molar-refractivity contribution in [2.24, 2.45) is 5.41 Å². The SMILES string of the molecule is CC1(C(=O)Nc2ccc(-c3cnc[nH]3)cc2)CCNCC1. The van der Waals surface area contributed by atoms with Gasteiger partial charge in [-0.25, -0.2) is 4.98 Å². The van der Waals surface area contributed by atoms with Gasteiger partial charge in [-0.05, 0) is 43.6 Å². The van der Waals surface area contributed by atoms with E-state index in [1.165, 1.54) is 0 Å². The highest BCUT2D eigenvalue weighted by Crippen LogP contribution is 2.29. The molecule has 1 aromatic heterocycles. The van der Waals surface area contributed by atoms with Crippen LogP contribution in [0.15, 0.2) is 36.8 Å². The molecule has 5 nitrogen and oxygen atoms in total. The molecule has 1 aliphatic heterocycles. The lowest BCUT2D eigenvalue weighted by Gasteiger charge is -2.32. The van der Waals surface area contributed by atoms with E-state index in [1.54, 1.807) is 12.5 Å². The lowest BCUT2D eigenvalue weighted by atomic mass is 9.80. The number of nitrogens with one attached hydrogen (secondary N) is 3. The second-order valence-electron chi connectivity index (χ2n) is 5.81. The number of H-pyrrole nitrogens is 1. The molecule has 3 N–H and O–H groups in total. The van der Waals surface area contributed by atoms with E-state index in [2.05, 4.69) is 20.6 Å². The van der Waals surface area contributed by atoms with Crippen LogP contribution in [0.2, 0.25) is 0 Å². The van der Waals surface area contributed by atoms with Crippen LogP contribution < -0.4 is 10.6 Å². The minimum Gasteiger partial charge on any atom is -0.345 e. The Morgan fingerprint density at radius 2 is 1.95 bits per heavy atom. The minimum absolute atomic E-state index is 0.110. The third-order valence-corrected chi connectivity index (χ3v) is 4.21. The number of aromatic amines is 1. The van der Waals surface area contributed by atoms with E-state index in [0.717, 1.165) is 42.9 Å². The number of carbonyl (C=O) groups is 1. The summed E-state index contributed by atoms with van der Waals surface area (Å²) >= 11 is 0. The third-order valence-electron chi connectivity index (χ3n) is 4.21. The Morgan fingerprint density at radius 3 is 2.57 bits per heavy atom. The van der Waals surface area contributed by atoms with Crippen LogP contribution in [0.3, 0.4) is 0 Å². The molecule has 1 saturated heterocycles. The topological polar surface area (TPSA) is 69.8 Å². The van der Waals surface area contributed by atoms with Gasteiger partial charge < -0.3 is 15.6 Å². The van der Waals surface area contributed by atoms with Gasteiger partial charge in [0.1, 0.15) is 0 Å². The molecule has 21 heavy (non-hydrogen) atoms. The molecule has 5 heteroatoms. The Kier molecular flexibility index (Phi) is 3.75. The summed E-state index contributed by atoms with van der Waals surface area (Å²) in [6.07, 6.45) is 5.20. The number of benzene rings is 1. The van der Waals surface area contributed by atoms with Crippen LogP contribution in [0.5, 0.6) is 0 Å². The highest BCUT2D eigenvalue weighted by Gasteiger charge is 2.34. The Balaban J connectivity index is 1.69. The second-order valence-corrected chi connectivity index (χ2v) is 5.81. The lowest BCUT2D eigenvalue weighted by molar-refractivity contribution is -0.126. The quantitative estimate of drug-likeness (QED) is 0.810. The Bertz CT molecular complexity index is 598. The molecule has 1 fully saturated rings. The molecule has 0 spiro atoms. The van der Waals surface area contributed by atoms with Crippen LogP contribution in [0.4, 0.5) is 5.69 Å². The molecule has 0 radical (unpaired) electrons. The second kappa shape index (κ2) is 5.69. The van der Waals surface area contributed by atoms with Gasteiger partial charge in [-0.2, -0.15) is 0 Å². The summed E-state index contributed by atoms with van der Waals surface area (Å²) in [7, 11) is 0. The first-order valence-corrected chi connectivity index (χ1v) is 7.28. The zero-order chi connectivity index (χ0) is 14.7. The molecule has 110 valence electrons. The molecule has 0 atom stereocenters. The molecule has 1 aromatic carbocycles. The standard InChI is InChI=1S/C16H20N4O/c1-16(6-8-17-9-7-16)15(21)20-13-4-2-12(3-5-13)14-10-18-11-19-14/h2-5,10-11,17H,6-9H2,1H3,(H,18,19)(H,20,21). The monoisotopic (exact) mass is 284 g/mol. The van der Waals surface area contributed by atoms with Gasteiger partial charge in [0.15, 0.2) is 0 Å². The van der Waals surface area contributed by atoms with Gasteiger partial charge in [0.2, 0.25) is 5.91 Å². The minimum atomic E-state index is -0.271. The normalized spacial score (nSPS) is 17.4. The first-order chi connectivity index (χ1) is 10.2. The summed E-state index contributed by atoms with van der Waals surface area (Å²) in [5, 5.41) is 6.32. The van der Waals surface area contributed by atoms with E-state index in [-0.39, 0.29) is 11.3 Å². The first kappa shape index (κ1) is 13.8. The van der Waals surface area contributed by atoms with Crippen molar-refractivity contribution >= 4 is 11.6 Å². The fourth-order valence-electron chi connectivity index (χ4n) is 2.63. The van der Waals surface area contributed by atoms with Crippen molar-refractivity contribution in [3.05, 3.63) is 36.8 Å². The average Bonchev–Trinajstić information content (AvgIpc) is 3.03. The molecule has 3 rings (SSSR count).